The smallest absolute Gasteiger partial charge is 0.130 e. The zero-order chi connectivity index (χ0) is 13.1. The molecule has 0 amide bonds. The first-order valence-electron chi connectivity index (χ1n) is 6.69. The molecular weight excluding hydrogens is 256 g/mol. The zero-order valence-electron chi connectivity index (χ0n) is 10.7. The molecule has 0 aromatic carbocycles. The van der Waals surface area contributed by atoms with Gasteiger partial charge in [-0.2, -0.15) is 0 Å². The van der Waals surface area contributed by atoms with Gasteiger partial charge in [0.25, 0.3) is 0 Å². The first kappa shape index (κ1) is 12.5. The Morgan fingerprint density at radius 2 is 2.05 bits per heavy atom. The number of carbonyl (C=O) groups excluding carboxylic acids is 1. The summed E-state index contributed by atoms with van der Waals surface area (Å²) in [7, 11) is 0. The molecule has 19 heavy (non-hydrogen) atoms. The molecule has 3 rings (SSSR count). The van der Waals surface area contributed by atoms with Crippen molar-refractivity contribution in [1.29, 1.82) is 0 Å². The number of fused-ring (bicyclic) bond motifs is 1. The highest BCUT2D eigenvalue weighted by atomic mass is 32.1. The van der Waals surface area contributed by atoms with Crippen molar-refractivity contribution < 1.29 is 4.79 Å². The summed E-state index contributed by atoms with van der Waals surface area (Å²) in [6.07, 6.45) is 9.98. The number of thiazole rings is 1. The van der Waals surface area contributed by atoms with Crippen LogP contribution in [0, 0.1) is 0 Å². The molecule has 0 aliphatic heterocycles. The Balaban J connectivity index is 1.82. The number of hydrogen-bond acceptors (Lipinski definition) is 4. The third kappa shape index (κ3) is 2.73. The molecule has 2 heterocycles. The van der Waals surface area contributed by atoms with Gasteiger partial charge >= 0.3 is 0 Å². The van der Waals surface area contributed by atoms with Crippen molar-refractivity contribution in [3.05, 3.63) is 45.7 Å². The summed E-state index contributed by atoms with van der Waals surface area (Å²) in [6.45, 7) is 0. The van der Waals surface area contributed by atoms with E-state index >= 15 is 0 Å². The van der Waals surface area contributed by atoms with E-state index in [1.165, 1.54) is 23.4 Å². The summed E-state index contributed by atoms with van der Waals surface area (Å²) in [4.78, 5) is 21.5. The van der Waals surface area contributed by atoms with Crippen molar-refractivity contribution in [2.24, 2.45) is 0 Å². The topological polar surface area (TPSA) is 42.9 Å². The number of aldehydes is 1. The normalized spacial score (nSPS) is 15.8. The summed E-state index contributed by atoms with van der Waals surface area (Å²) in [6, 6.07) is 3.92. The van der Waals surface area contributed by atoms with Crippen LogP contribution in [-0.2, 0) is 24.1 Å². The number of aromatic nitrogens is 2. The second-order valence-electron chi connectivity index (χ2n) is 4.93. The predicted molar refractivity (Wildman–Crippen MR) is 75.5 cm³/mol. The van der Waals surface area contributed by atoms with Crippen LogP contribution in [0.3, 0.4) is 0 Å². The van der Waals surface area contributed by atoms with Gasteiger partial charge in [-0.1, -0.05) is 0 Å². The van der Waals surface area contributed by atoms with E-state index in [2.05, 4.69) is 9.97 Å². The lowest BCUT2D eigenvalue weighted by Crippen LogP contribution is -2.05. The van der Waals surface area contributed by atoms with E-state index in [0.29, 0.717) is 0 Å². The van der Waals surface area contributed by atoms with Gasteiger partial charge in [0.2, 0.25) is 0 Å². The van der Waals surface area contributed by atoms with Crippen LogP contribution in [-0.4, -0.2) is 16.3 Å². The number of aryl methyl sites for hydroxylation is 2. The predicted octanol–water partition coefficient (Wildman–Crippen LogP) is 2.94. The summed E-state index contributed by atoms with van der Waals surface area (Å²) >= 11 is 1.73. The van der Waals surface area contributed by atoms with Crippen LogP contribution in [0.2, 0.25) is 0 Å². The van der Waals surface area contributed by atoms with Crippen molar-refractivity contribution >= 4 is 17.6 Å². The van der Waals surface area contributed by atoms with Crippen LogP contribution < -0.4 is 0 Å². The van der Waals surface area contributed by atoms with Crippen LogP contribution >= 0.6 is 11.3 Å². The van der Waals surface area contributed by atoms with Crippen LogP contribution in [0.5, 0.6) is 0 Å². The van der Waals surface area contributed by atoms with Crippen LogP contribution in [0.4, 0.5) is 0 Å². The van der Waals surface area contributed by atoms with E-state index in [4.69, 9.17) is 0 Å². The molecule has 98 valence electrons. The highest BCUT2D eigenvalue weighted by molar-refractivity contribution is 7.12. The van der Waals surface area contributed by atoms with Gasteiger partial charge in [0.1, 0.15) is 11.3 Å². The minimum Gasteiger partial charge on any atom is -0.303 e. The molecule has 2 aromatic rings. The first-order valence-corrected chi connectivity index (χ1v) is 7.51. The Morgan fingerprint density at radius 1 is 1.26 bits per heavy atom. The fourth-order valence-corrected chi connectivity index (χ4v) is 3.71. The quantitative estimate of drug-likeness (QED) is 0.804. The molecule has 4 heteroatoms. The minimum atomic E-state index is -0.113. The molecule has 0 saturated carbocycles. The fraction of sp³-hybridized carbons (Fsp3) is 0.400. The van der Waals surface area contributed by atoms with E-state index in [1.54, 1.807) is 23.7 Å². The zero-order valence-corrected chi connectivity index (χ0v) is 11.5. The molecule has 1 aliphatic rings. The van der Waals surface area contributed by atoms with E-state index in [1.807, 2.05) is 12.1 Å². The van der Waals surface area contributed by atoms with Gasteiger partial charge in [0.15, 0.2) is 0 Å². The van der Waals surface area contributed by atoms with E-state index in [9.17, 15) is 4.79 Å². The van der Waals surface area contributed by atoms with Crippen LogP contribution in [0.25, 0.3) is 0 Å². The van der Waals surface area contributed by atoms with Gasteiger partial charge in [-0.25, -0.2) is 4.98 Å². The third-order valence-corrected chi connectivity index (χ3v) is 4.84. The molecule has 0 bridgehead atoms. The van der Waals surface area contributed by atoms with Gasteiger partial charge in [0.05, 0.1) is 11.6 Å². The van der Waals surface area contributed by atoms with Gasteiger partial charge in [-0.3, -0.25) is 4.98 Å². The maximum Gasteiger partial charge on any atom is 0.130 e. The lowest BCUT2D eigenvalue weighted by molar-refractivity contribution is -0.109. The number of rotatable bonds is 4. The fourth-order valence-electron chi connectivity index (χ4n) is 2.50. The minimum absolute atomic E-state index is 0.113. The Bertz CT molecular complexity index is 541. The molecule has 2 aromatic heterocycles. The van der Waals surface area contributed by atoms with Crippen LogP contribution in [0.15, 0.2) is 24.5 Å². The Kier molecular flexibility index (Phi) is 3.69. The molecule has 0 fully saturated rings. The number of pyridine rings is 1. The second kappa shape index (κ2) is 5.61. The molecular formula is C15H16N2OS. The number of carbonyl (C=O) groups is 1. The maximum absolute atomic E-state index is 11.4. The second-order valence-corrected chi connectivity index (χ2v) is 6.05. The van der Waals surface area contributed by atoms with E-state index in [-0.39, 0.29) is 5.92 Å². The molecule has 1 atom stereocenters. The standard InChI is InChI=1S/C15H16N2OS/c18-10-12(9-11-5-7-16-8-6-11)15-17-13-3-1-2-4-14(13)19-15/h5-8,10,12H,1-4,9H2. The lowest BCUT2D eigenvalue weighted by Gasteiger charge is -2.07. The highest BCUT2D eigenvalue weighted by Gasteiger charge is 2.20. The monoisotopic (exact) mass is 272 g/mol. The first-order chi connectivity index (χ1) is 9.36. The molecule has 0 radical (unpaired) electrons. The number of nitrogens with zero attached hydrogens (tertiary/aromatic N) is 2. The maximum atomic E-state index is 11.4. The molecule has 3 nitrogen and oxygen atoms in total. The summed E-state index contributed by atoms with van der Waals surface area (Å²) in [5, 5.41) is 0.985. The summed E-state index contributed by atoms with van der Waals surface area (Å²) in [5.41, 5.74) is 2.37. The SMILES string of the molecule is O=CC(Cc1ccncc1)c1nc2c(s1)CCCC2. The Morgan fingerprint density at radius 3 is 2.79 bits per heavy atom. The van der Waals surface area contributed by atoms with Crippen molar-refractivity contribution in [3.8, 4) is 0 Å². The molecule has 0 N–H and O–H groups in total. The Hall–Kier alpha value is -1.55. The van der Waals surface area contributed by atoms with Gasteiger partial charge in [0, 0.05) is 17.3 Å². The van der Waals surface area contributed by atoms with Crippen molar-refractivity contribution in [2.75, 3.05) is 0 Å². The molecule has 0 spiro atoms. The van der Waals surface area contributed by atoms with Crippen LogP contribution in [0.1, 0.15) is 39.9 Å². The van der Waals surface area contributed by atoms with Crippen molar-refractivity contribution in [1.82, 2.24) is 9.97 Å². The van der Waals surface area contributed by atoms with E-state index in [0.717, 1.165) is 36.1 Å². The largest absolute Gasteiger partial charge is 0.303 e. The van der Waals surface area contributed by atoms with Crippen molar-refractivity contribution in [3.63, 3.8) is 0 Å². The average molecular weight is 272 g/mol. The third-order valence-electron chi connectivity index (χ3n) is 3.55. The molecule has 1 aliphatic carbocycles. The highest BCUT2D eigenvalue weighted by Crippen LogP contribution is 2.31. The van der Waals surface area contributed by atoms with Gasteiger partial charge in [-0.15, -0.1) is 11.3 Å². The van der Waals surface area contributed by atoms with Gasteiger partial charge < -0.3 is 4.79 Å². The molecule has 1 unspecified atom stereocenters. The van der Waals surface area contributed by atoms with Crippen molar-refractivity contribution in [2.45, 2.75) is 38.0 Å². The number of hydrogen-bond donors (Lipinski definition) is 0. The summed E-state index contributed by atoms with van der Waals surface area (Å²) in [5.74, 6) is -0.113. The average Bonchev–Trinajstić information content (AvgIpc) is 2.89. The van der Waals surface area contributed by atoms with Gasteiger partial charge in [-0.05, 0) is 49.8 Å². The Labute approximate surface area is 116 Å². The lowest BCUT2D eigenvalue weighted by atomic mass is 10.0. The summed E-state index contributed by atoms with van der Waals surface area (Å²) < 4.78 is 0. The van der Waals surface area contributed by atoms with E-state index < -0.39 is 0 Å². The molecule has 0 saturated heterocycles.